The summed E-state index contributed by atoms with van der Waals surface area (Å²) in [4.78, 5) is 14.2. The number of hydrogen-bond acceptors (Lipinski definition) is 4. The molecule has 1 atom stereocenters. The van der Waals surface area contributed by atoms with Crippen molar-refractivity contribution in [1.29, 1.82) is 0 Å². The van der Waals surface area contributed by atoms with Crippen molar-refractivity contribution >= 4 is 17.7 Å². The van der Waals surface area contributed by atoms with Crippen LogP contribution in [0.5, 0.6) is 0 Å². The molecule has 192 valence electrons. The van der Waals surface area contributed by atoms with Gasteiger partial charge in [0.1, 0.15) is 6.29 Å². The summed E-state index contributed by atoms with van der Waals surface area (Å²) in [5, 5.41) is 3.34. The van der Waals surface area contributed by atoms with Gasteiger partial charge in [0.15, 0.2) is 0 Å². The summed E-state index contributed by atoms with van der Waals surface area (Å²) in [5.41, 5.74) is 10.5. The van der Waals surface area contributed by atoms with Gasteiger partial charge in [-0.2, -0.15) is 0 Å². The first kappa shape index (κ1) is 38.2. The van der Waals surface area contributed by atoms with Gasteiger partial charge in [-0.05, 0) is 56.0 Å². The fraction of sp³-hybridized carbons (Fsp3) is 0.655. The molecule has 3 N–H and O–H groups in total. The average Bonchev–Trinajstić information content (AvgIpc) is 2.80. The number of nitrogens with two attached hydrogens (primary N) is 1. The van der Waals surface area contributed by atoms with E-state index >= 15 is 0 Å². The second-order valence-electron chi connectivity index (χ2n) is 8.42. The van der Waals surface area contributed by atoms with Crippen LogP contribution < -0.4 is 11.1 Å². The molecule has 33 heavy (non-hydrogen) atoms. The molecule has 0 amide bonds. The van der Waals surface area contributed by atoms with Crippen LogP contribution in [0.2, 0.25) is 0 Å². The third-order valence-corrected chi connectivity index (χ3v) is 4.78. The first-order chi connectivity index (χ1) is 15.6. The van der Waals surface area contributed by atoms with E-state index < -0.39 is 0 Å². The number of unbranched alkanes of at least 4 members (excludes halogenated alkanes) is 1. The maximum atomic E-state index is 9.97. The number of rotatable bonds is 8. The highest BCUT2D eigenvalue weighted by molar-refractivity contribution is 5.86. The lowest BCUT2D eigenvalue weighted by Crippen LogP contribution is -2.17. The first-order valence-corrected chi connectivity index (χ1v) is 12.4. The molecule has 0 aliphatic rings. The lowest BCUT2D eigenvalue weighted by atomic mass is 9.91. The zero-order valence-corrected chi connectivity index (χ0v) is 23.7. The fourth-order valence-electron chi connectivity index (χ4n) is 2.36. The summed E-state index contributed by atoms with van der Waals surface area (Å²) < 4.78 is 0. The Labute approximate surface area is 207 Å². The van der Waals surface area contributed by atoms with E-state index in [9.17, 15) is 4.79 Å². The van der Waals surface area contributed by atoms with E-state index in [4.69, 9.17) is 5.73 Å². The summed E-state index contributed by atoms with van der Waals surface area (Å²) in [7, 11) is 2.01. The standard InChI is InChI=1S/C12H20N2.C9H17NO.C4H10.C2H6.C2H2/c1-4-5-12(14-3)11-7-6-10(13)8-9(11)2;1-8(9(2,3)4)10-6-5-7-11;1-3-4-2;2*1-2/h6-8,12,14H,4-5,13H2,1-3H3;7H,5-6H2,1-4H3;3-4H2,1-2H3;1-2H3;1-2H. The SMILES string of the molecule is C#C.CC.CC(=NCCC=O)C(C)(C)C.CCCC.CCCC(NC)c1ccc(N)cc1C. The molecule has 1 aromatic carbocycles. The Morgan fingerprint density at radius 3 is 1.97 bits per heavy atom. The van der Waals surface area contributed by atoms with Gasteiger partial charge in [-0.3, -0.25) is 4.99 Å². The van der Waals surface area contributed by atoms with Gasteiger partial charge in [0.2, 0.25) is 0 Å². The van der Waals surface area contributed by atoms with Crippen molar-refractivity contribution in [3.63, 3.8) is 0 Å². The molecule has 0 radical (unpaired) electrons. The van der Waals surface area contributed by atoms with E-state index in [1.807, 2.05) is 40.0 Å². The van der Waals surface area contributed by atoms with Crippen LogP contribution >= 0.6 is 0 Å². The van der Waals surface area contributed by atoms with Crippen LogP contribution in [-0.4, -0.2) is 25.6 Å². The quantitative estimate of drug-likeness (QED) is 0.136. The number of carbonyl (C=O) groups is 1. The Kier molecular flexibility index (Phi) is 30.2. The summed E-state index contributed by atoms with van der Waals surface area (Å²) in [6, 6.07) is 6.60. The zero-order valence-electron chi connectivity index (χ0n) is 23.7. The topological polar surface area (TPSA) is 67.5 Å². The summed E-state index contributed by atoms with van der Waals surface area (Å²) >= 11 is 0. The monoisotopic (exact) mass is 461 g/mol. The number of hydrogen-bond donors (Lipinski definition) is 2. The number of nitrogens with one attached hydrogen (secondary N) is 1. The average molecular weight is 462 g/mol. The van der Waals surface area contributed by atoms with Gasteiger partial charge in [-0.1, -0.05) is 80.7 Å². The lowest BCUT2D eigenvalue weighted by molar-refractivity contribution is -0.107. The number of terminal acetylenes is 1. The Morgan fingerprint density at radius 1 is 1.12 bits per heavy atom. The van der Waals surface area contributed by atoms with Gasteiger partial charge in [0, 0.05) is 30.4 Å². The van der Waals surface area contributed by atoms with Crippen LogP contribution in [0.15, 0.2) is 23.2 Å². The Balaban J connectivity index is -0.000000197. The molecule has 4 heteroatoms. The Morgan fingerprint density at radius 2 is 1.64 bits per heavy atom. The summed E-state index contributed by atoms with van der Waals surface area (Å²) in [5.74, 6) is 0. The highest BCUT2D eigenvalue weighted by Crippen LogP contribution is 2.23. The largest absolute Gasteiger partial charge is 0.399 e. The molecule has 1 rings (SSSR count). The first-order valence-electron chi connectivity index (χ1n) is 12.4. The van der Waals surface area contributed by atoms with Crippen molar-refractivity contribution in [2.75, 3.05) is 19.3 Å². The van der Waals surface area contributed by atoms with Gasteiger partial charge in [0.25, 0.3) is 0 Å². The zero-order chi connectivity index (χ0) is 26.9. The Hall–Kier alpha value is -2.12. The minimum absolute atomic E-state index is 0.142. The van der Waals surface area contributed by atoms with Crippen molar-refractivity contribution < 1.29 is 4.79 Å². The highest BCUT2D eigenvalue weighted by Gasteiger charge is 2.13. The summed E-state index contributed by atoms with van der Waals surface area (Å²) in [6.07, 6.45) is 14.4. The molecular weight excluding hydrogens is 406 g/mol. The maximum absolute atomic E-state index is 9.97. The van der Waals surface area contributed by atoms with Gasteiger partial charge in [-0.15, -0.1) is 12.8 Å². The predicted molar refractivity (Wildman–Crippen MR) is 152 cm³/mol. The van der Waals surface area contributed by atoms with Crippen molar-refractivity contribution in [3.05, 3.63) is 29.3 Å². The molecule has 0 spiro atoms. The van der Waals surface area contributed by atoms with Crippen molar-refractivity contribution in [2.45, 2.75) is 107 Å². The highest BCUT2D eigenvalue weighted by atomic mass is 16.1. The molecule has 0 aliphatic carbocycles. The lowest BCUT2D eigenvalue weighted by Gasteiger charge is -2.18. The van der Waals surface area contributed by atoms with Gasteiger partial charge in [-0.25, -0.2) is 0 Å². The number of benzene rings is 1. The van der Waals surface area contributed by atoms with Crippen LogP contribution in [0.25, 0.3) is 0 Å². The van der Waals surface area contributed by atoms with Crippen LogP contribution in [0.1, 0.15) is 112 Å². The van der Waals surface area contributed by atoms with Gasteiger partial charge < -0.3 is 15.8 Å². The van der Waals surface area contributed by atoms with Crippen molar-refractivity contribution in [1.82, 2.24) is 5.32 Å². The van der Waals surface area contributed by atoms with Crippen LogP contribution in [0.4, 0.5) is 5.69 Å². The molecule has 0 heterocycles. The Bertz CT molecular complexity index is 611. The van der Waals surface area contributed by atoms with Crippen LogP contribution in [-0.2, 0) is 4.79 Å². The van der Waals surface area contributed by atoms with Crippen LogP contribution in [0.3, 0.4) is 0 Å². The van der Waals surface area contributed by atoms with Gasteiger partial charge >= 0.3 is 0 Å². The number of aliphatic imine (C=N–C) groups is 1. The smallest absolute Gasteiger partial charge is 0.121 e. The fourth-order valence-corrected chi connectivity index (χ4v) is 2.36. The molecular formula is C29H55N3O. The normalized spacial score (nSPS) is 11.0. The molecule has 0 saturated heterocycles. The second-order valence-corrected chi connectivity index (χ2v) is 8.42. The molecule has 0 saturated carbocycles. The molecule has 4 nitrogen and oxygen atoms in total. The molecule has 1 unspecified atom stereocenters. The minimum atomic E-state index is 0.142. The van der Waals surface area contributed by atoms with Gasteiger partial charge in [0.05, 0.1) is 0 Å². The van der Waals surface area contributed by atoms with E-state index in [0.29, 0.717) is 19.0 Å². The van der Waals surface area contributed by atoms with E-state index in [1.54, 1.807) is 0 Å². The molecule has 0 bridgehead atoms. The molecule has 0 fully saturated rings. The maximum Gasteiger partial charge on any atom is 0.121 e. The number of anilines is 1. The predicted octanol–water partition coefficient (Wildman–Crippen LogP) is 7.80. The number of aldehydes is 1. The van der Waals surface area contributed by atoms with E-state index in [-0.39, 0.29) is 5.41 Å². The van der Waals surface area contributed by atoms with Crippen molar-refractivity contribution in [2.24, 2.45) is 10.4 Å². The molecule has 0 aliphatic heterocycles. The number of carbonyl (C=O) groups excluding carboxylic acids is 1. The molecule has 0 aromatic heterocycles. The van der Waals surface area contributed by atoms with Crippen molar-refractivity contribution in [3.8, 4) is 12.8 Å². The molecule has 1 aromatic rings. The number of nitrogens with zero attached hydrogens (tertiary/aromatic N) is 1. The second kappa shape index (κ2) is 26.1. The number of aryl methyl sites for hydroxylation is 1. The number of nitrogen functional groups attached to an aromatic ring is 1. The van der Waals surface area contributed by atoms with E-state index in [1.165, 1.54) is 36.8 Å². The third-order valence-electron chi connectivity index (χ3n) is 4.78. The van der Waals surface area contributed by atoms with E-state index in [0.717, 1.165) is 17.7 Å². The summed E-state index contributed by atoms with van der Waals surface area (Å²) in [6.45, 7) is 21.7. The van der Waals surface area contributed by atoms with E-state index in [2.05, 4.69) is 77.7 Å². The van der Waals surface area contributed by atoms with Crippen LogP contribution in [0, 0.1) is 25.2 Å². The third kappa shape index (κ3) is 22.9. The minimum Gasteiger partial charge on any atom is -0.399 e.